The third kappa shape index (κ3) is 4.03. The first kappa shape index (κ1) is 17.5. The number of pyridine rings is 1. The van der Waals surface area contributed by atoms with Crippen LogP contribution in [-0.2, 0) is 12.8 Å². The molecule has 6 nitrogen and oxygen atoms in total. The fourth-order valence-electron chi connectivity index (χ4n) is 2.91. The van der Waals surface area contributed by atoms with Crippen LogP contribution in [0.4, 0.5) is 10.5 Å². The van der Waals surface area contributed by atoms with Crippen LogP contribution >= 0.6 is 23.2 Å². The van der Waals surface area contributed by atoms with Crippen LogP contribution in [0.1, 0.15) is 27.9 Å². The van der Waals surface area contributed by atoms with Gasteiger partial charge >= 0.3 is 6.09 Å². The van der Waals surface area contributed by atoms with Crippen molar-refractivity contribution in [2.45, 2.75) is 25.3 Å². The van der Waals surface area contributed by atoms with Crippen LogP contribution in [0.2, 0.25) is 10.2 Å². The van der Waals surface area contributed by atoms with Gasteiger partial charge in [-0.2, -0.15) is 0 Å². The maximum absolute atomic E-state index is 12.3. The van der Waals surface area contributed by atoms with Gasteiger partial charge in [0.25, 0.3) is 5.91 Å². The molecule has 2 amide bonds. The summed E-state index contributed by atoms with van der Waals surface area (Å²) in [5, 5.41) is 14.9. The standard InChI is InChI=1S/C17H15Cl2N3O3/c18-14-6-2-10(8-20-14)16(23)22-13-5-1-9-7-11(21-17(24)25)3-4-12(9)15(13)19/h1-2,5-6,8,11,21H,3-4,7H2,(H,22,23)(H,24,25)/t11-/m0/s1. The number of hydrogen-bond acceptors (Lipinski definition) is 3. The second-order valence-electron chi connectivity index (χ2n) is 5.78. The number of halogens is 2. The lowest BCUT2D eigenvalue weighted by molar-refractivity contribution is 0.102. The number of carbonyl (C=O) groups excluding carboxylic acids is 1. The van der Waals surface area contributed by atoms with Crippen molar-refractivity contribution in [2.75, 3.05) is 5.32 Å². The van der Waals surface area contributed by atoms with E-state index in [0.29, 0.717) is 40.7 Å². The van der Waals surface area contributed by atoms with E-state index < -0.39 is 6.09 Å². The third-order valence-electron chi connectivity index (χ3n) is 4.11. The molecule has 1 heterocycles. The van der Waals surface area contributed by atoms with Gasteiger partial charge < -0.3 is 15.7 Å². The summed E-state index contributed by atoms with van der Waals surface area (Å²) in [6.45, 7) is 0. The van der Waals surface area contributed by atoms with Crippen molar-refractivity contribution in [1.29, 1.82) is 0 Å². The SMILES string of the molecule is O=C(O)N[C@H]1CCc2c(ccc(NC(=O)c3ccc(Cl)nc3)c2Cl)C1. The Morgan fingerprint density at radius 3 is 2.68 bits per heavy atom. The third-order valence-corrected chi connectivity index (χ3v) is 4.77. The van der Waals surface area contributed by atoms with Crippen LogP contribution in [-0.4, -0.2) is 28.1 Å². The van der Waals surface area contributed by atoms with Crippen molar-refractivity contribution < 1.29 is 14.7 Å². The molecular formula is C17H15Cl2N3O3. The van der Waals surface area contributed by atoms with Crippen molar-refractivity contribution in [1.82, 2.24) is 10.3 Å². The highest BCUT2D eigenvalue weighted by Gasteiger charge is 2.23. The fourth-order valence-corrected chi connectivity index (χ4v) is 3.35. The molecule has 3 rings (SSSR count). The minimum Gasteiger partial charge on any atom is -0.465 e. The molecular weight excluding hydrogens is 365 g/mol. The summed E-state index contributed by atoms with van der Waals surface area (Å²) in [5.74, 6) is -0.327. The molecule has 2 aromatic rings. The van der Waals surface area contributed by atoms with Gasteiger partial charge in [-0.15, -0.1) is 0 Å². The highest BCUT2D eigenvalue weighted by atomic mass is 35.5. The van der Waals surface area contributed by atoms with E-state index in [-0.39, 0.29) is 11.9 Å². The number of anilines is 1. The van der Waals surface area contributed by atoms with Crippen LogP contribution in [0.3, 0.4) is 0 Å². The van der Waals surface area contributed by atoms with Crippen LogP contribution < -0.4 is 10.6 Å². The zero-order chi connectivity index (χ0) is 18.0. The number of benzene rings is 1. The Hall–Kier alpha value is -2.31. The van der Waals surface area contributed by atoms with Gasteiger partial charge in [-0.1, -0.05) is 29.3 Å². The lowest BCUT2D eigenvalue weighted by Crippen LogP contribution is -2.38. The minimum atomic E-state index is -1.03. The van der Waals surface area contributed by atoms with Gasteiger partial charge in [0.2, 0.25) is 0 Å². The van der Waals surface area contributed by atoms with Gasteiger partial charge in [0.1, 0.15) is 5.15 Å². The molecule has 1 aliphatic rings. The number of rotatable bonds is 3. The number of nitrogens with zero attached hydrogens (tertiary/aromatic N) is 1. The summed E-state index contributed by atoms with van der Waals surface area (Å²) < 4.78 is 0. The zero-order valence-corrected chi connectivity index (χ0v) is 14.6. The maximum atomic E-state index is 12.3. The van der Waals surface area contributed by atoms with E-state index in [9.17, 15) is 9.59 Å². The molecule has 0 saturated heterocycles. The summed E-state index contributed by atoms with van der Waals surface area (Å²) in [4.78, 5) is 27.0. The predicted octanol–water partition coefficient (Wildman–Crippen LogP) is 3.77. The van der Waals surface area contributed by atoms with Gasteiger partial charge in [0.05, 0.1) is 16.3 Å². The Kier molecular flexibility index (Phi) is 5.11. The molecule has 0 aliphatic heterocycles. The molecule has 25 heavy (non-hydrogen) atoms. The van der Waals surface area contributed by atoms with E-state index >= 15 is 0 Å². The summed E-state index contributed by atoms with van der Waals surface area (Å²) >= 11 is 12.2. The summed E-state index contributed by atoms with van der Waals surface area (Å²) in [6, 6.07) is 6.60. The first-order chi connectivity index (χ1) is 11.9. The summed E-state index contributed by atoms with van der Waals surface area (Å²) in [7, 11) is 0. The monoisotopic (exact) mass is 379 g/mol. The summed E-state index contributed by atoms with van der Waals surface area (Å²) in [5.41, 5.74) is 2.83. The van der Waals surface area contributed by atoms with E-state index in [1.165, 1.54) is 6.20 Å². The largest absolute Gasteiger partial charge is 0.465 e. The maximum Gasteiger partial charge on any atom is 0.404 e. The van der Waals surface area contributed by atoms with Gasteiger partial charge in [0, 0.05) is 12.2 Å². The molecule has 0 fully saturated rings. The summed E-state index contributed by atoms with van der Waals surface area (Å²) in [6.07, 6.45) is 2.26. The van der Waals surface area contributed by atoms with Gasteiger partial charge in [-0.25, -0.2) is 9.78 Å². The Balaban J connectivity index is 1.77. The molecule has 0 radical (unpaired) electrons. The molecule has 1 atom stereocenters. The molecule has 0 saturated carbocycles. The first-order valence-electron chi connectivity index (χ1n) is 7.66. The number of carbonyl (C=O) groups is 2. The average molecular weight is 380 g/mol. The number of hydrogen-bond donors (Lipinski definition) is 3. The first-order valence-corrected chi connectivity index (χ1v) is 8.42. The number of aromatic nitrogens is 1. The van der Waals surface area contributed by atoms with E-state index in [4.69, 9.17) is 28.3 Å². The lowest BCUT2D eigenvalue weighted by atomic mass is 9.88. The van der Waals surface area contributed by atoms with E-state index in [2.05, 4.69) is 15.6 Å². The molecule has 3 N–H and O–H groups in total. The average Bonchev–Trinajstić information content (AvgIpc) is 2.57. The fraction of sp³-hybridized carbons (Fsp3) is 0.235. The topological polar surface area (TPSA) is 91.3 Å². The smallest absolute Gasteiger partial charge is 0.404 e. The van der Waals surface area contributed by atoms with Crippen molar-refractivity contribution >= 4 is 40.9 Å². The van der Waals surface area contributed by atoms with Gasteiger partial charge in [-0.3, -0.25) is 4.79 Å². The molecule has 130 valence electrons. The second kappa shape index (κ2) is 7.29. The van der Waals surface area contributed by atoms with Crippen molar-refractivity contribution in [2.24, 2.45) is 0 Å². The van der Waals surface area contributed by atoms with E-state index in [0.717, 1.165) is 11.1 Å². The molecule has 1 aliphatic carbocycles. The molecule has 1 aromatic heterocycles. The minimum absolute atomic E-state index is 0.123. The molecule has 0 bridgehead atoms. The van der Waals surface area contributed by atoms with Crippen LogP contribution in [0.15, 0.2) is 30.5 Å². The molecule has 8 heteroatoms. The highest BCUT2D eigenvalue weighted by molar-refractivity contribution is 6.35. The van der Waals surface area contributed by atoms with Crippen molar-refractivity contribution in [3.05, 3.63) is 57.3 Å². The molecule has 0 unspecified atom stereocenters. The van der Waals surface area contributed by atoms with Gasteiger partial charge in [-0.05, 0) is 48.6 Å². The number of carboxylic acid groups (broad SMARTS) is 1. The number of amides is 2. The van der Waals surface area contributed by atoms with E-state index in [1.54, 1.807) is 18.2 Å². The van der Waals surface area contributed by atoms with Crippen molar-refractivity contribution in [3.63, 3.8) is 0 Å². The normalized spacial score (nSPS) is 16.0. The van der Waals surface area contributed by atoms with Crippen LogP contribution in [0.25, 0.3) is 0 Å². The van der Waals surface area contributed by atoms with Crippen LogP contribution in [0.5, 0.6) is 0 Å². The van der Waals surface area contributed by atoms with Gasteiger partial charge in [0.15, 0.2) is 0 Å². The van der Waals surface area contributed by atoms with Crippen molar-refractivity contribution in [3.8, 4) is 0 Å². The quantitative estimate of drug-likeness (QED) is 0.707. The highest BCUT2D eigenvalue weighted by Crippen LogP contribution is 2.34. The number of nitrogens with one attached hydrogen (secondary N) is 2. The molecule has 1 aromatic carbocycles. The van der Waals surface area contributed by atoms with Crippen LogP contribution in [0, 0.1) is 0 Å². The lowest BCUT2D eigenvalue weighted by Gasteiger charge is -2.26. The molecule has 0 spiro atoms. The Bertz CT molecular complexity index is 825. The number of fused-ring (bicyclic) bond motifs is 1. The predicted molar refractivity (Wildman–Crippen MR) is 95.6 cm³/mol. The zero-order valence-electron chi connectivity index (χ0n) is 13.1. The Morgan fingerprint density at radius 1 is 1.20 bits per heavy atom. The Labute approximate surface area is 154 Å². The van der Waals surface area contributed by atoms with E-state index in [1.807, 2.05) is 6.07 Å². The second-order valence-corrected chi connectivity index (χ2v) is 6.54. The Morgan fingerprint density at radius 2 is 2.00 bits per heavy atom.